The molecule has 0 bridgehead atoms. The van der Waals surface area contributed by atoms with Gasteiger partial charge in [-0.15, -0.1) is 0 Å². The molecule has 0 saturated heterocycles. The molecule has 2 rings (SSSR count). The zero-order valence-electron chi connectivity index (χ0n) is 13.4. The molecule has 2 aromatic rings. The van der Waals surface area contributed by atoms with Crippen molar-refractivity contribution in [2.75, 3.05) is 6.61 Å². The predicted octanol–water partition coefficient (Wildman–Crippen LogP) is 5.20. The topological polar surface area (TPSA) is 41.5 Å². The van der Waals surface area contributed by atoms with Crippen LogP contribution in [0.3, 0.4) is 0 Å². The fraction of sp³-hybridized carbons (Fsp3) is 0.333. The van der Waals surface area contributed by atoms with Crippen LogP contribution in [-0.4, -0.2) is 17.8 Å². The highest BCUT2D eigenvalue weighted by molar-refractivity contribution is 9.10. The van der Waals surface area contributed by atoms with Gasteiger partial charge in [0.2, 0.25) is 0 Å². The van der Waals surface area contributed by atoms with Crippen molar-refractivity contribution in [3.8, 4) is 5.75 Å². The van der Waals surface area contributed by atoms with E-state index >= 15 is 0 Å². The van der Waals surface area contributed by atoms with Crippen LogP contribution < -0.4 is 10.1 Å². The number of hydrogen-bond acceptors (Lipinski definition) is 3. The second-order valence-electron chi connectivity index (χ2n) is 5.41. The average molecular weight is 433 g/mol. The molecule has 0 aliphatic carbocycles. The van der Waals surface area contributed by atoms with Gasteiger partial charge < -0.3 is 15.2 Å². The van der Waals surface area contributed by atoms with Crippen LogP contribution in [0.4, 0.5) is 0 Å². The second kappa shape index (κ2) is 9.64. The van der Waals surface area contributed by atoms with Crippen LogP contribution in [0.2, 0.25) is 10.0 Å². The molecule has 0 saturated carbocycles. The third kappa shape index (κ3) is 5.36. The normalized spacial score (nSPS) is 12.2. The monoisotopic (exact) mass is 431 g/mol. The molecule has 0 fully saturated rings. The molecule has 0 aromatic heterocycles. The van der Waals surface area contributed by atoms with Gasteiger partial charge in [0.1, 0.15) is 12.4 Å². The molecule has 0 heterocycles. The summed E-state index contributed by atoms with van der Waals surface area (Å²) in [5.74, 6) is 0.759. The molecule has 2 aromatic carbocycles. The zero-order chi connectivity index (χ0) is 17.5. The molecule has 3 nitrogen and oxygen atoms in total. The minimum absolute atomic E-state index is 0.0647. The summed E-state index contributed by atoms with van der Waals surface area (Å²) < 4.78 is 6.92. The smallest absolute Gasteiger partial charge is 0.124 e. The van der Waals surface area contributed by atoms with Crippen LogP contribution in [-0.2, 0) is 13.2 Å². The fourth-order valence-corrected chi connectivity index (χ4v) is 3.15. The lowest BCUT2D eigenvalue weighted by molar-refractivity contribution is 0.237. The van der Waals surface area contributed by atoms with Gasteiger partial charge in [0, 0.05) is 38.2 Å². The second-order valence-corrected chi connectivity index (χ2v) is 7.14. The van der Waals surface area contributed by atoms with Crippen molar-refractivity contribution < 1.29 is 9.84 Å². The first kappa shape index (κ1) is 19.5. The maximum absolute atomic E-state index is 9.31. The SMILES string of the molecule is CC[C@H](CO)NCc1cc(Br)ccc1OCc1c(Cl)cccc1Cl. The van der Waals surface area contributed by atoms with E-state index in [4.69, 9.17) is 27.9 Å². The van der Waals surface area contributed by atoms with Crippen LogP contribution in [0.5, 0.6) is 5.75 Å². The highest BCUT2D eigenvalue weighted by atomic mass is 79.9. The predicted molar refractivity (Wildman–Crippen MR) is 103 cm³/mol. The highest BCUT2D eigenvalue weighted by Gasteiger charge is 2.11. The number of hydrogen-bond donors (Lipinski definition) is 2. The molecule has 24 heavy (non-hydrogen) atoms. The van der Waals surface area contributed by atoms with Gasteiger partial charge in [0.25, 0.3) is 0 Å². The Morgan fingerprint density at radius 1 is 1.21 bits per heavy atom. The minimum Gasteiger partial charge on any atom is -0.488 e. The number of aliphatic hydroxyl groups excluding tert-OH is 1. The van der Waals surface area contributed by atoms with Gasteiger partial charge in [-0.05, 0) is 36.8 Å². The van der Waals surface area contributed by atoms with E-state index in [1.54, 1.807) is 12.1 Å². The standard InChI is InChI=1S/C18H20BrCl2NO2/c1-2-14(10-23)22-9-12-8-13(19)6-7-18(12)24-11-15-16(20)4-3-5-17(15)21/h3-8,14,22-23H,2,9-11H2,1H3/t14-/m1/s1. The summed E-state index contributed by atoms with van der Waals surface area (Å²) in [6, 6.07) is 11.3. The number of aliphatic hydroxyl groups is 1. The van der Waals surface area contributed by atoms with Gasteiger partial charge >= 0.3 is 0 Å². The van der Waals surface area contributed by atoms with Gasteiger partial charge in [-0.1, -0.05) is 52.1 Å². The van der Waals surface area contributed by atoms with Gasteiger partial charge in [-0.3, -0.25) is 0 Å². The molecule has 2 N–H and O–H groups in total. The fourth-order valence-electron chi connectivity index (χ4n) is 2.24. The van der Waals surface area contributed by atoms with Gasteiger partial charge in [0.15, 0.2) is 0 Å². The first-order chi connectivity index (χ1) is 11.5. The van der Waals surface area contributed by atoms with Crippen LogP contribution in [0, 0.1) is 0 Å². The molecular weight excluding hydrogens is 413 g/mol. The first-order valence-corrected chi connectivity index (χ1v) is 9.28. The molecule has 0 amide bonds. The maximum Gasteiger partial charge on any atom is 0.124 e. The summed E-state index contributed by atoms with van der Waals surface area (Å²) in [6.45, 7) is 3.04. The largest absolute Gasteiger partial charge is 0.488 e. The molecule has 130 valence electrons. The number of halogens is 3. The van der Waals surface area contributed by atoms with Gasteiger partial charge in [0.05, 0.1) is 6.61 Å². The van der Waals surface area contributed by atoms with Crippen molar-refractivity contribution in [3.63, 3.8) is 0 Å². The van der Waals surface area contributed by atoms with Crippen LogP contribution in [0.1, 0.15) is 24.5 Å². The Labute approximate surface area is 161 Å². The Morgan fingerprint density at radius 2 is 1.92 bits per heavy atom. The van der Waals surface area contributed by atoms with E-state index in [-0.39, 0.29) is 12.6 Å². The van der Waals surface area contributed by atoms with Crippen LogP contribution in [0.15, 0.2) is 40.9 Å². The third-order valence-corrected chi connectivity index (χ3v) is 4.95. The Morgan fingerprint density at radius 3 is 2.54 bits per heavy atom. The van der Waals surface area contributed by atoms with Crippen molar-refractivity contribution in [2.24, 2.45) is 0 Å². The minimum atomic E-state index is 0.0647. The first-order valence-electron chi connectivity index (χ1n) is 7.73. The summed E-state index contributed by atoms with van der Waals surface area (Å²) in [4.78, 5) is 0. The molecule has 0 spiro atoms. The molecule has 0 unspecified atom stereocenters. The van der Waals surface area contributed by atoms with E-state index in [9.17, 15) is 5.11 Å². The van der Waals surface area contributed by atoms with E-state index < -0.39 is 0 Å². The Bertz CT molecular complexity index is 658. The van der Waals surface area contributed by atoms with Crippen molar-refractivity contribution in [3.05, 3.63) is 62.0 Å². The van der Waals surface area contributed by atoms with E-state index in [1.165, 1.54) is 0 Å². The summed E-state index contributed by atoms with van der Waals surface area (Å²) in [5, 5.41) is 13.8. The summed E-state index contributed by atoms with van der Waals surface area (Å²) in [6.07, 6.45) is 0.857. The molecule has 6 heteroatoms. The number of nitrogens with one attached hydrogen (secondary N) is 1. The lowest BCUT2D eigenvalue weighted by atomic mass is 10.1. The summed E-state index contributed by atoms with van der Waals surface area (Å²) in [7, 11) is 0. The van der Waals surface area contributed by atoms with E-state index in [0.29, 0.717) is 23.2 Å². The van der Waals surface area contributed by atoms with Crippen molar-refractivity contribution in [2.45, 2.75) is 32.5 Å². The van der Waals surface area contributed by atoms with E-state index in [0.717, 1.165) is 27.8 Å². The van der Waals surface area contributed by atoms with Crippen LogP contribution in [0.25, 0.3) is 0 Å². The number of rotatable bonds is 8. The Kier molecular flexibility index (Phi) is 7.85. The quantitative estimate of drug-likeness (QED) is 0.602. The van der Waals surface area contributed by atoms with Crippen molar-refractivity contribution in [1.29, 1.82) is 0 Å². The van der Waals surface area contributed by atoms with Crippen LogP contribution >= 0.6 is 39.1 Å². The van der Waals surface area contributed by atoms with E-state index in [1.807, 2.05) is 31.2 Å². The molecule has 0 radical (unpaired) electrons. The lowest BCUT2D eigenvalue weighted by Crippen LogP contribution is -2.31. The third-order valence-electron chi connectivity index (χ3n) is 3.75. The average Bonchev–Trinajstić information content (AvgIpc) is 2.57. The summed E-state index contributed by atoms with van der Waals surface area (Å²) in [5.41, 5.74) is 1.77. The van der Waals surface area contributed by atoms with Gasteiger partial charge in [-0.25, -0.2) is 0 Å². The molecular formula is C18H20BrCl2NO2. The highest BCUT2D eigenvalue weighted by Crippen LogP contribution is 2.28. The van der Waals surface area contributed by atoms with Gasteiger partial charge in [-0.2, -0.15) is 0 Å². The Balaban J connectivity index is 2.12. The number of ether oxygens (including phenoxy) is 1. The molecule has 0 aliphatic heterocycles. The number of benzene rings is 2. The maximum atomic E-state index is 9.31. The molecule has 1 atom stereocenters. The summed E-state index contributed by atoms with van der Waals surface area (Å²) >= 11 is 15.9. The molecule has 0 aliphatic rings. The van der Waals surface area contributed by atoms with Crippen molar-refractivity contribution in [1.82, 2.24) is 5.32 Å². The van der Waals surface area contributed by atoms with Crippen molar-refractivity contribution >= 4 is 39.1 Å². The van der Waals surface area contributed by atoms with E-state index in [2.05, 4.69) is 21.2 Å². The lowest BCUT2D eigenvalue weighted by Gasteiger charge is -2.17. The zero-order valence-corrected chi connectivity index (χ0v) is 16.5. The Hall–Kier alpha value is -0.780.